The van der Waals surface area contributed by atoms with E-state index in [1.807, 2.05) is 36.4 Å². The number of methoxy groups -OCH3 is 1. The van der Waals surface area contributed by atoms with Gasteiger partial charge in [-0.05, 0) is 52.4 Å². The average molecular weight is 473 g/mol. The Kier molecular flexibility index (Phi) is 6.91. The molecule has 2 N–H and O–H groups in total. The molecule has 0 aromatic heterocycles. The van der Waals surface area contributed by atoms with Crippen molar-refractivity contribution in [3.8, 4) is 16.9 Å². The van der Waals surface area contributed by atoms with E-state index in [0.717, 1.165) is 29.8 Å². The lowest BCUT2D eigenvalue weighted by atomic mass is 9.98. The molecule has 2 atom stereocenters. The zero-order valence-corrected chi connectivity index (χ0v) is 20.3. The Labute approximate surface area is 206 Å². The fraction of sp³-hybridized carbons (Fsp3) is 0.345. The highest BCUT2D eigenvalue weighted by molar-refractivity contribution is 5.79. The predicted molar refractivity (Wildman–Crippen MR) is 137 cm³/mol. The highest BCUT2D eigenvalue weighted by Gasteiger charge is 2.29. The van der Waals surface area contributed by atoms with E-state index in [1.165, 1.54) is 22.3 Å². The third kappa shape index (κ3) is 4.98. The second-order valence-electron chi connectivity index (χ2n) is 9.18. The van der Waals surface area contributed by atoms with Crippen molar-refractivity contribution in [1.82, 2.24) is 5.32 Å². The average Bonchev–Trinajstić information content (AvgIpc) is 3.44. The minimum absolute atomic E-state index is 0.0520. The van der Waals surface area contributed by atoms with Crippen LogP contribution in [0.25, 0.3) is 11.1 Å². The number of amides is 1. The SMILES string of the molecule is CCC(COC)Nc1ccc2c(c1)CC(CNC(=O)OCC1c3ccccc3-c3ccccc31)O2. The molecule has 1 aliphatic heterocycles. The standard InChI is InChI=1S/C29H32N2O4/c1-3-20(17-33-2)31-21-12-13-28-19(14-21)15-22(35-28)16-30-29(32)34-18-27-25-10-6-4-8-23(25)24-9-5-7-11-26(24)27/h4-14,20,22,27,31H,3,15-18H2,1-2H3,(H,30,32). The van der Waals surface area contributed by atoms with Gasteiger partial charge in [0.15, 0.2) is 0 Å². The van der Waals surface area contributed by atoms with Crippen LogP contribution in [0.1, 0.15) is 36.0 Å². The van der Waals surface area contributed by atoms with Crippen molar-refractivity contribution in [1.29, 1.82) is 0 Å². The van der Waals surface area contributed by atoms with E-state index in [-0.39, 0.29) is 18.1 Å². The van der Waals surface area contributed by atoms with Gasteiger partial charge in [-0.2, -0.15) is 0 Å². The molecule has 6 nitrogen and oxygen atoms in total. The van der Waals surface area contributed by atoms with Gasteiger partial charge in [-0.1, -0.05) is 55.5 Å². The first-order valence-corrected chi connectivity index (χ1v) is 12.3. The van der Waals surface area contributed by atoms with E-state index in [2.05, 4.69) is 47.9 Å². The number of alkyl carbamates (subject to hydrolysis) is 1. The number of carbonyl (C=O) groups is 1. The van der Waals surface area contributed by atoms with Gasteiger partial charge < -0.3 is 24.8 Å². The van der Waals surface area contributed by atoms with Crippen LogP contribution in [0.5, 0.6) is 5.75 Å². The third-order valence-corrected chi connectivity index (χ3v) is 6.85. The van der Waals surface area contributed by atoms with Crippen LogP contribution < -0.4 is 15.4 Å². The van der Waals surface area contributed by atoms with E-state index < -0.39 is 6.09 Å². The monoisotopic (exact) mass is 472 g/mol. The van der Waals surface area contributed by atoms with Gasteiger partial charge in [-0.3, -0.25) is 0 Å². The number of hydrogen-bond acceptors (Lipinski definition) is 5. The Morgan fingerprint density at radius 3 is 2.46 bits per heavy atom. The molecule has 0 fully saturated rings. The molecule has 35 heavy (non-hydrogen) atoms. The first-order valence-electron chi connectivity index (χ1n) is 12.3. The largest absolute Gasteiger partial charge is 0.488 e. The molecule has 2 unspecified atom stereocenters. The van der Waals surface area contributed by atoms with Gasteiger partial charge in [0.2, 0.25) is 0 Å². The van der Waals surface area contributed by atoms with Crippen molar-refractivity contribution in [2.45, 2.75) is 37.8 Å². The molecule has 0 radical (unpaired) electrons. The van der Waals surface area contributed by atoms with E-state index in [9.17, 15) is 4.79 Å². The van der Waals surface area contributed by atoms with Crippen LogP contribution in [-0.4, -0.2) is 45.1 Å². The summed E-state index contributed by atoms with van der Waals surface area (Å²) in [6.07, 6.45) is 1.20. The summed E-state index contributed by atoms with van der Waals surface area (Å²) in [6.45, 7) is 3.50. The van der Waals surface area contributed by atoms with Crippen LogP contribution in [0, 0.1) is 0 Å². The summed E-state index contributed by atoms with van der Waals surface area (Å²) in [4.78, 5) is 12.5. The second kappa shape index (κ2) is 10.4. The summed E-state index contributed by atoms with van der Waals surface area (Å²) in [6, 6.07) is 23.1. The van der Waals surface area contributed by atoms with E-state index in [0.29, 0.717) is 19.8 Å². The first kappa shape index (κ1) is 23.2. The molecular formula is C29H32N2O4. The fourth-order valence-electron chi connectivity index (χ4n) is 5.07. The summed E-state index contributed by atoms with van der Waals surface area (Å²) >= 11 is 0. The smallest absolute Gasteiger partial charge is 0.407 e. The Morgan fingerprint density at radius 1 is 1.06 bits per heavy atom. The highest BCUT2D eigenvalue weighted by Crippen LogP contribution is 2.44. The highest BCUT2D eigenvalue weighted by atomic mass is 16.5. The van der Waals surface area contributed by atoms with Crippen LogP contribution in [0.3, 0.4) is 0 Å². The van der Waals surface area contributed by atoms with E-state index >= 15 is 0 Å². The van der Waals surface area contributed by atoms with Gasteiger partial charge in [0.05, 0.1) is 13.2 Å². The number of benzene rings is 3. The van der Waals surface area contributed by atoms with Gasteiger partial charge >= 0.3 is 6.09 Å². The number of rotatable bonds is 9. The Hall–Kier alpha value is -3.51. The minimum atomic E-state index is -0.417. The lowest BCUT2D eigenvalue weighted by Gasteiger charge is -2.17. The van der Waals surface area contributed by atoms with Crippen molar-refractivity contribution in [3.05, 3.63) is 83.4 Å². The van der Waals surface area contributed by atoms with Crippen molar-refractivity contribution in [3.63, 3.8) is 0 Å². The molecule has 182 valence electrons. The molecular weight excluding hydrogens is 440 g/mol. The molecule has 5 rings (SSSR count). The van der Waals surface area contributed by atoms with Gasteiger partial charge in [0, 0.05) is 31.2 Å². The van der Waals surface area contributed by atoms with Gasteiger partial charge in [0.1, 0.15) is 18.5 Å². The second-order valence-corrected chi connectivity index (χ2v) is 9.18. The van der Waals surface area contributed by atoms with Crippen LogP contribution in [0.15, 0.2) is 66.7 Å². The first-order chi connectivity index (χ1) is 17.2. The number of carbonyl (C=O) groups excluding carboxylic acids is 1. The minimum Gasteiger partial charge on any atom is -0.488 e. The third-order valence-electron chi connectivity index (χ3n) is 6.85. The molecule has 6 heteroatoms. The molecule has 1 aliphatic carbocycles. The van der Waals surface area contributed by atoms with Gasteiger partial charge in [-0.15, -0.1) is 0 Å². The summed E-state index contributed by atoms with van der Waals surface area (Å²) in [5.41, 5.74) is 7.04. The van der Waals surface area contributed by atoms with Crippen molar-refractivity contribution in [2.24, 2.45) is 0 Å². The molecule has 1 heterocycles. The number of anilines is 1. The van der Waals surface area contributed by atoms with Crippen molar-refractivity contribution >= 4 is 11.8 Å². The molecule has 2 aliphatic rings. The quantitative estimate of drug-likeness (QED) is 0.438. The predicted octanol–water partition coefficient (Wildman–Crippen LogP) is 5.37. The van der Waals surface area contributed by atoms with Crippen LogP contribution >= 0.6 is 0 Å². The fourth-order valence-corrected chi connectivity index (χ4v) is 5.07. The lowest BCUT2D eigenvalue weighted by Crippen LogP contribution is -2.35. The van der Waals surface area contributed by atoms with Crippen molar-refractivity contribution in [2.75, 3.05) is 32.2 Å². The number of fused-ring (bicyclic) bond motifs is 4. The topological polar surface area (TPSA) is 68.8 Å². The van der Waals surface area contributed by atoms with Gasteiger partial charge in [-0.25, -0.2) is 4.79 Å². The summed E-state index contributed by atoms with van der Waals surface area (Å²) < 4.78 is 17.0. The Morgan fingerprint density at radius 2 is 1.77 bits per heavy atom. The molecule has 1 amide bonds. The maximum absolute atomic E-state index is 12.5. The van der Waals surface area contributed by atoms with E-state index in [1.54, 1.807) is 7.11 Å². The zero-order chi connectivity index (χ0) is 24.2. The van der Waals surface area contributed by atoms with Crippen LogP contribution in [-0.2, 0) is 15.9 Å². The molecule has 0 spiro atoms. The lowest BCUT2D eigenvalue weighted by molar-refractivity contribution is 0.136. The van der Waals surface area contributed by atoms with E-state index in [4.69, 9.17) is 14.2 Å². The number of hydrogen-bond donors (Lipinski definition) is 2. The Balaban J connectivity index is 1.13. The van der Waals surface area contributed by atoms with Crippen LogP contribution in [0.2, 0.25) is 0 Å². The summed E-state index contributed by atoms with van der Waals surface area (Å²) in [5, 5.41) is 6.40. The molecule has 3 aromatic rings. The number of ether oxygens (including phenoxy) is 3. The summed E-state index contributed by atoms with van der Waals surface area (Å²) in [5.74, 6) is 0.922. The maximum atomic E-state index is 12.5. The molecule has 3 aromatic carbocycles. The Bertz CT molecular complexity index is 1150. The molecule has 0 bridgehead atoms. The maximum Gasteiger partial charge on any atom is 0.407 e. The normalized spacial score (nSPS) is 16.6. The molecule has 0 saturated heterocycles. The molecule has 0 saturated carbocycles. The summed E-state index contributed by atoms with van der Waals surface area (Å²) in [7, 11) is 1.72. The van der Waals surface area contributed by atoms with Crippen molar-refractivity contribution < 1.29 is 19.0 Å². The zero-order valence-electron chi connectivity index (χ0n) is 20.3. The van der Waals surface area contributed by atoms with Crippen LogP contribution in [0.4, 0.5) is 10.5 Å². The van der Waals surface area contributed by atoms with Gasteiger partial charge in [0.25, 0.3) is 0 Å². The number of nitrogens with one attached hydrogen (secondary N) is 2.